The predicted octanol–water partition coefficient (Wildman–Crippen LogP) is 3.82. The summed E-state index contributed by atoms with van der Waals surface area (Å²) in [5.41, 5.74) is 2.09. The first-order chi connectivity index (χ1) is 15.1. The Balaban J connectivity index is 1.62. The molecule has 1 heterocycles. The van der Waals surface area contributed by atoms with Gasteiger partial charge in [0, 0.05) is 12.1 Å². The number of para-hydroxylation sites is 1. The zero-order valence-electron chi connectivity index (χ0n) is 17.2. The van der Waals surface area contributed by atoms with Crippen LogP contribution < -0.4 is 10.3 Å². The van der Waals surface area contributed by atoms with Gasteiger partial charge in [-0.1, -0.05) is 42.5 Å². The molecule has 0 saturated carbocycles. The topological polar surface area (TPSA) is 75.3 Å². The fourth-order valence-electron chi connectivity index (χ4n) is 3.47. The largest absolute Gasteiger partial charge is 0.497 e. The molecule has 0 spiro atoms. The molecular formula is C25H23N3O3. The Morgan fingerprint density at radius 3 is 2.42 bits per heavy atom. The molecule has 1 amide bonds. The molecule has 0 atom stereocenters. The maximum atomic E-state index is 13.3. The van der Waals surface area contributed by atoms with E-state index in [-0.39, 0.29) is 18.0 Å². The lowest BCUT2D eigenvalue weighted by molar-refractivity contribution is 0.0741. The van der Waals surface area contributed by atoms with Crippen molar-refractivity contribution in [3.8, 4) is 5.75 Å². The third-order valence-electron chi connectivity index (χ3n) is 5.14. The van der Waals surface area contributed by atoms with Crippen molar-refractivity contribution in [2.75, 3.05) is 13.7 Å². The van der Waals surface area contributed by atoms with Crippen molar-refractivity contribution in [1.82, 2.24) is 14.9 Å². The van der Waals surface area contributed by atoms with Gasteiger partial charge in [0.25, 0.3) is 11.5 Å². The average Bonchev–Trinajstić information content (AvgIpc) is 2.82. The van der Waals surface area contributed by atoms with E-state index in [1.165, 1.54) is 0 Å². The van der Waals surface area contributed by atoms with Crippen molar-refractivity contribution in [2.45, 2.75) is 13.0 Å². The van der Waals surface area contributed by atoms with Gasteiger partial charge in [-0.15, -0.1) is 0 Å². The minimum absolute atomic E-state index is 0.130. The van der Waals surface area contributed by atoms with Gasteiger partial charge < -0.3 is 14.6 Å². The van der Waals surface area contributed by atoms with Crippen LogP contribution in [0, 0.1) is 0 Å². The Morgan fingerprint density at radius 1 is 0.968 bits per heavy atom. The summed E-state index contributed by atoms with van der Waals surface area (Å²) in [6.07, 6.45) is 0.695. The monoisotopic (exact) mass is 413 g/mol. The van der Waals surface area contributed by atoms with Crippen LogP contribution in [0.5, 0.6) is 5.75 Å². The third kappa shape index (κ3) is 4.80. The highest BCUT2D eigenvalue weighted by molar-refractivity contribution is 5.94. The number of hydrogen-bond donors (Lipinski definition) is 1. The molecule has 156 valence electrons. The number of aromatic nitrogens is 2. The van der Waals surface area contributed by atoms with Gasteiger partial charge in [0.05, 0.1) is 24.6 Å². The molecular weight excluding hydrogens is 390 g/mol. The number of carbonyl (C=O) groups is 1. The first-order valence-electron chi connectivity index (χ1n) is 10.1. The highest BCUT2D eigenvalue weighted by Crippen LogP contribution is 2.15. The molecule has 0 unspecified atom stereocenters. The van der Waals surface area contributed by atoms with Crippen molar-refractivity contribution in [1.29, 1.82) is 0 Å². The van der Waals surface area contributed by atoms with E-state index < -0.39 is 0 Å². The summed E-state index contributed by atoms with van der Waals surface area (Å²) in [5.74, 6) is 1.01. The molecule has 6 heteroatoms. The molecule has 4 aromatic rings. The number of nitrogens with one attached hydrogen (secondary N) is 1. The molecule has 31 heavy (non-hydrogen) atoms. The number of rotatable bonds is 7. The highest BCUT2D eigenvalue weighted by Gasteiger charge is 2.18. The summed E-state index contributed by atoms with van der Waals surface area (Å²) in [6, 6.07) is 24.2. The summed E-state index contributed by atoms with van der Waals surface area (Å²) in [4.78, 5) is 34.8. The van der Waals surface area contributed by atoms with Gasteiger partial charge in [0.2, 0.25) is 0 Å². The molecule has 0 aliphatic rings. The Morgan fingerprint density at radius 2 is 1.68 bits per heavy atom. The van der Waals surface area contributed by atoms with Crippen LogP contribution in [0.3, 0.4) is 0 Å². The third-order valence-corrected chi connectivity index (χ3v) is 5.14. The molecule has 4 rings (SSSR count). The lowest BCUT2D eigenvalue weighted by atomic mass is 10.1. The number of nitrogens with zero attached hydrogens (tertiary/aromatic N) is 2. The molecule has 1 aromatic heterocycles. The molecule has 0 fully saturated rings. The van der Waals surface area contributed by atoms with E-state index in [2.05, 4.69) is 9.97 Å². The lowest BCUT2D eigenvalue weighted by Gasteiger charge is -2.23. The average molecular weight is 413 g/mol. The summed E-state index contributed by atoms with van der Waals surface area (Å²) >= 11 is 0. The molecule has 0 aliphatic heterocycles. The van der Waals surface area contributed by atoms with Gasteiger partial charge in [0.15, 0.2) is 0 Å². The van der Waals surface area contributed by atoms with Crippen LogP contribution in [0.4, 0.5) is 0 Å². The molecule has 3 aromatic carbocycles. The van der Waals surface area contributed by atoms with Gasteiger partial charge in [-0.3, -0.25) is 9.59 Å². The second-order valence-corrected chi connectivity index (χ2v) is 7.22. The first kappa shape index (κ1) is 20.3. The smallest absolute Gasteiger partial charge is 0.258 e. The Labute approximate surface area is 180 Å². The van der Waals surface area contributed by atoms with Gasteiger partial charge in [-0.05, 0) is 48.4 Å². The van der Waals surface area contributed by atoms with E-state index in [4.69, 9.17) is 4.74 Å². The number of benzene rings is 3. The summed E-state index contributed by atoms with van der Waals surface area (Å²) < 4.78 is 5.19. The predicted molar refractivity (Wildman–Crippen MR) is 120 cm³/mol. The van der Waals surface area contributed by atoms with Crippen LogP contribution in [-0.2, 0) is 13.0 Å². The van der Waals surface area contributed by atoms with Crippen molar-refractivity contribution in [2.24, 2.45) is 0 Å². The summed E-state index contributed by atoms with van der Waals surface area (Å²) in [5, 5.41) is 0.531. The molecule has 0 saturated heterocycles. The number of aromatic amines is 1. The fourth-order valence-corrected chi connectivity index (χ4v) is 3.47. The molecule has 6 nitrogen and oxygen atoms in total. The minimum Gasteiger partial charge on any atom is -0.497 e. The second kappa shape index (κ2) is 9.26. The van der Waals surface area contributed by atoms with E-state index in [1.54, 1.807) is 54.5 Å². The maximum Gasteiger partial charge on any atom is 0.258 e. The molecule has 1 N–H and O–H groups in total. The van der Waals surface area contributed by atoms with Crippen LogP contribution in [0.25, 0.3) is 10.9 Å². The van der Waals surface area contributed by atoms with Crippen molar-refractivity contribution >= 4 is 16.8 Å². The van der Waals surface area contributed by atoms with Crippen LogP contribution in [-0.4, -0.2) is 34.4 Å². The van der Waals surface area contributed by atoms with E-state index in [1.807, 2.05) is 36.4 Å². The van der Waals surface area contributed by atoms with Crippen LogP contribution in [0.15, 0.2) is 83.7 Å². The normalized spacial score (nSPS) is 10.7. The van der Waals surface area contributed by atoms with E-state index in [9.17, 15) is 9.59 Å². The number of carbonyl (C=O) groups excluding carboxylic acids is 1. The van der Waals surface area contributed by atoms with Crippen molar-refractivity contribution in [3.63, 3.8) is 0 Å². The number of fused-ring (bicyclic) bond motifs is 1. The van der Waals surface area contributed by atoms with Crippen molar-refractivity contribution < 1.29 is 9.53 Å². The fraction of sp³-hybridized carbons (Fsp3) is 0.160. The Hall–Kier alpha value is -3.93. The summed E-state index contributed by atoms with van der Waals surface area (Å²) in [6.45, 7) is 0.698. The molecule has 0 bridgehead atoms. The quantitative estimate of drug-likeness (QED) is 0.500. The zero-order chi connectivity index (χ0) is 21.6. The number of hydrogen-bond acceptors (Lipinski definition) is 4. The summed E-state index contributed by atoms with van der Waals surface area (Å²) in [7, 11) is 1.59. The molecule has 0 aliphatic carbocycles. The highest BCUT2D eigenvalue weighted by atomic mass is 16.5. The van der Waals surface area contributed by atoms with Gasteiger partial charge in [-0.2, -0.15) is 0 Å². The lowest BCUT2D eigenvalue weighted by Crippen LogP contribution is -2.34. The SMILES string of the molecule is COc1ccc(C(=O)N(CCc2ccccc2)Cc2nc3ccccc3c(=O)[nH]2)cc1. The number of ether oxygens (including phenoxy) is 1. The number of H-pyrrole nitrogens is 1. The number of amides is 1. The van der Waals surface area contributed by atoms with Gasteiger partial charge in [0.1, 0.15) is 11.6 Å². The number of methoxy groups -OCH3 is 1. The minimum atomic E-state index is -0.208. The first-order valence-corrected chi connectivity index (χ1v) is 10.1. The van der Waals surface area contributed by atoms with E-state index >= 15 is 0 Å². The Bertz CT molecular complexity index is 1230. The van der Waals surface area contributed by atoms with E-state index in [0.717, 1.165) is 5.56 Å². The van der Waals surface area contributed by atoms with Crippen LogP contribution >= 0.6 is 0 Å². The standard InChI is InChI=1S/C25H23N3O3/c1-31-20-13-11-19(12-14-20)25(30)28(16-15-18-7-3-2-4-8-18)17-23-26-22-10-6-5-9-21(22)24(29)27-23/h2-14H,15-17H2,1H3,(H,26,27,29). The second-order valence-electron chi connectivity index (χ2n) is 7.22. The van der Waals surface area contributed by atoms with Gasteiger partial charge in [-0.25, -0.2) is 4.98 Å². The van der Waals surface area contributed by atoms with Crippen LogP contribution in [0.2, 0.25) is 0 Å². The van der Waals surface area contributed by atoms with Gasteiger partial charge >= 0.3 is 0 Å². The zero-order valence-corrected chi connectivity index (χ0v) is 17.2. The Kier molecular flexibility index (Phi) is 6.08. The van der Waals surface area contributed by atoms with Crippen LogP contribution in [0.1, 0.15) is 21.7 Å². The van der Waals surface area contributed by atoms with Crippen molar-refractivity contribution in [3.05, 3.63) is 106 Å². The molecule has 0 radical (unpaired) electrons. The van der Waals surface area contributed by atoms with E-state index in [0.29, 0.717) is 41.0 Å². The maximum absolute atomic E-state index is 13.3.